The Labute approximate surface area is 93.6 Å². The third kappa shape index (κ3) is 2.25. The SMILES string of the molecule is Oc1cccc(OCc2ccccc2)c1O. The van der Waals surface area contributed by atoms with E-state index in [0.29, 0.717) is 6.61 Å². The summed E-state index contributed by atoms with van der Waals surface area (Å²) in [6.45, 7) is 0.359. The van der Waals surface area contributed by atoms with Crippen LogP contribution in [-0.2, 0) is 6.61 Å². The average Bonchev–Trinajstić information content (AvgIpc) is 2.32. The van der Waals surface area contributed by atoms with E-state index in [1.165, 1.54) is 6.07 Å². The summed E-state index contributed by atoms with van der Waals surface area (Å²) in [6.07, 6.45) is 0. The molecule has 0 heterocycles. The van der Waals surface area contributed by atoms with E-state index in [2.05, 4.69) is 0 Å². The van der Waals surface area contributed by atoms with E-state index in [4.69, 9.17) is 4.74 Å². The molecule has 0 spiro atoms. The Balaban J connectivity index is 2.08. The highest BCUT2D eigenvalue weighted by Gasteiger charge is 2.06. The molecule has 3 nitrogen and oxygen atoms in total. The van der Waals surface area contributed by atoms with Crippen LogP contribution in [0.3, 0.4) is 0 Å². The van der Waals surface area contributed by atoms with Crippen molar-refractivity contribution in [2.75, 3.05) is 0 Å². The van der Waals surface area contributed by atoms with E-state index >= 15 is 0 Å². The summed E-state index contributed by atoms with van der Waals surface area (Å²) >= 11 is 0. The number of benzene rings is 2. The first-order chi connectivity index (χ1) is 7.77. The van der Waals surface area contributed by atoms with Gasteiger partial charge in [-0.15, -0.1) is 0 Å². The van der Waals surface area contributed by atoms with Crippen molar-refractivity contribution in [3.63, 3.8) is 0 Å². The average molecular weight is 216 g/mol. The number of hydrogen-bond acceptors (Lipinski definition) is 3. The lowest BCUT2D eigenvalue weighted by molar-refractivity contribution is 0.283. The molecule has 2 N–H and O–H groups in total. The van der Waals surface area contributed by atoms with Gasteiger partial charge in [-0.3, -0.25) is 0 Å². The molecule has 0 unspecified atom stereocenters. The second kappa shape index (κ2) is 4.57. The zero-order valence-electron chi connectivity index (χ0n) is 8.63. The van der Waals surface area contributed by atoms with Crippen LogP contribution in [-0.4, -0.2) is 10.2 Å². The van der Waals surface area contributed by atoms with E-state index in [9.17, 15) is 10.2 Å². The number of para-hydroxylation sites is 1. The lowest BCUT2D eigenvalue weighted by Gasteiger charge is -2.08. The van der Waals surface area contributed by atoms with Crippen molar-refractivity contribution >= 4 is 0 Å². The van der Waals surface area contributed by atoms with Gasteiger partial charge < -0.3 is 14.9 Å². The highest BCUT2D eigenvalue weighted by atomic mass is 16.5. The van der Waals surface area contributed by atoms with Gasteiger partial charge in [0.1, 0.15) is 6.61 Å². The highest BCUT2D eigenvalue weighted by molar-refractivity contribution is 5.48. The highest BCUT2D eigenvalue weighted by Crippen LogP contribution is 2.34. The Morgan fingerprint density at radius 3 is 2.38 bits per heavy atom. The van der Waals surface area contributed by atoms with Gasteiger partial charge in [0.15, 0.2) is 11.5 Å². The number of phenols is 2. The molecule has 0 fully saturated rings. The first-order valence-corrected chi connectivity index (χ1v) is 4.95. The summed E-state index contributed by atoms with van der Waals surface area (Å²) in [5.74, 6) is -0.118. The Morgan fingerprint density at radius 2 is 1.62 bits per heavy atom. The fraction of sp³-hybridized carbons (Fsp3) is 0.0769. The summed E-state index contributed by atoms with van der Waals surface area (Å²) in [5.41, 5.74) is 1.00. The minimum absolute atomic E-state index is 0.175. The molecule has 0 aliphatic heterocycles. The van der Waals surface area contributed by atoms with E-state index in [-0.39, 0.29) is 17.2 Å². The minimum Gasteiger partial charge on any atom is -0.504 e. The molecule has 0 saturated carbocycles. The monoisotopic (exact) mass is 216 g/mol. The van der Waals surface area contributed by atoms with Crippen LogP contribution in [0.4, 0.5) is 0 Å². The Bertz CT molecular complexity index is 466. The van der Waals surface area contributed by atoms with Crippen LogP contribution < -0.4 is 4.74 Å². The van der Waals surface area contributed by atoms with Gasteiger partial charge in [-0.05, 0) is 17.7 Å². The maximum atomic E-state index is 9.50. The van der Waals surface area contributed by atoms with Crippen molar-refractivity contribution in [1.82, 2.24) is 0 Å². The molecule has 0 aromatic heterocycles. The number of rotatable bonds is 3. The number of phenolic OH excluding ortho intramolecular Hbond substituents is 2. The summed E-state index contributed by atoms with van der Waals surface area (Å²) in [6, 6.07) is 14.3. The van der Waals surface area contributed by atoms with Crippen LogP contribution in [0.1, 0.15) is 5.56 Å². The maximum Gasteiger partial charge on any atom is 0.200 e. The zero-order valence-corrected chi connectivity index (χ0v) is 8.63. The maximum absolute atomic E-state index is 9.50. The smallest absolute Gasteiger partial charge is 0.200 e. The summed E-state index contributed by atoms with van der Waals surface area (Å²) < 4.78 is 5.39. The summed E-state index contributed by atoms with van der Waals surface area (Å²) in [5, 5.41) is 18.8. The third-order valence-electron chi connectivity index (χ3n) is 2.21. The Kier molecular flexibility index (Phi) is 2.96. The van der Waals surface area contributed by atoms with E-state index in [1.54, 1.807) is 12.1 Å². The minimum atomic E-state index is -0.224. The largest absolute Gasteiger partial charge is 0.504 e. The van der Waals surface area contributed by atoms with Gasteiger partial charge in [0, 0.05) is 0 Å². The first kappa shape index (κ1) is 10.4. The Hall–Kier alpha value is -2.16. The molecule has 0 bridgehead atoms. The first-order valence-electron chi connectivity index (χ1n) is 4.95. The Morgan fingerprint density at radius 1 is 0.875 bits per heavy atom. The predicted octanol–water partition coefficient (Wildman–Crippen LogP) is 2.68. The normalized spacial score (nSPS) is 10.0. The molecule has 82 valence electrons. The van der Waals surface area contributed by atoms with Crippen molar-refractivity contribution < 1.29 is 14.9 Å². The lowest BCUT2D eigenvalue weighted by Crippen LogP contribution is -1.95. The van der Waals surface area contributed by atoms with Gasteiger partial charge in [0.2, 0.25) is 5.75 Å². The molecule has 2 aromatic rings. The fourth-order valence-corrected chi connectivity index (χ4v) is 1.36. The van der Waals surface area contributed by atoms with Gasteiger partial charge in [0.25, 0.3) is 0 Å². The quantitative estimate of drug-likeness (QED) is 0.775. The summed E-state index contributed by atoms with van der Waals surface area (Å²) in [7, 11) is 0. The van der Waals surface area contributed by atoms with Gasteiger partial charge >= 0.3 is 0 Å². The molecule has 2 aromatic carbocycles. The number of aromatic hydroxyl groups is 2. The lowest BCUT2D eigenvalue weighted by atomic mass is 10.2. The van der Waals surface area contributed by atoms with Gasteiger partial charge in [-0.2, -0.15) is 0 Å². The molecule has 0 saturated heterocycles. The standard InChI is InChI=1S/C13H12O3/c14-11-7-4-8-12(13(11)15)16-9-10-5-2-1-3-6-10/h1-8,14-15H,9H2. The molecule has 0 aliphatic rings. The van der Waals surface area contributed by atoms with Crippen LogP contribution in [0.5, 0.6) is 17.2 Å². The van der Waals surface area contributed by atoms with E-state index < -0.39 is 0 Å². The van der Waals surface area contributed by atoms with E-state index in [1.807, 2.05) is 30.3 Å². The van der Waals surface area contributed by atoms with Crippen molar-refractivity contribution in [2.45, 2.75) is 6.61 Å². The molecule has 0 aliphatic carbocycles. The van der Waals surface area contributed by atoms with Gasteiger partial charge in [-0.25, -0.2) is 0 Å². The molecule has 0 amide bonds. The van der Waals surface area contributed by atoms with Crippen LogP contribution in [0, 0.1) is 0 Å². The van der Waals surface area contributed by atoms with Crippen LogP contribution in [0.2, 0.25) is 0 Å². The zero-order chi connectivity index (χ0) is 11.4. The van der Waals surface area contributed by atoms with Gasteiger partial charge in [-0.1, -0.05) is 36.4 Å². The molecule has 0 radical (unpaired) electrons. The molecule has 3 heteroatoms. The third-order valence-corrected chi connectivity index (χ3v) is 2.21. The van der Waals surface area contributed by atoms with Crippen molar-refractivity contribution in [1.29, 1.82) is 0 Å². The van der Waals surface area contributed by atoms with Crippen LogP contribution in [0.25, 0.3) is 0 Å². The van der Waals surface area contributed by atoms with E-state index in [0.717, 1.165) is 5.56 Å². The van der Waals surface area contributed by atoms with Crippen molar-refractivity contribution in [2.24, 2.45) is 0 Å². The topological polar surface area (TPSA) is 49.7 Å². The second-order valence-corrected chi connectivity index (χ2v) is 3.40. The molecular formula is C13H12O3. The molecular weight excluding hydrogens is 204 g/mol. The second-order valence-electron chi connectivity index (χ2n) is 3.40. The molecule has 2 rings (SSSR count). The van der Waals surface area contributed by atoms with Gasteiger partial charge in [0.05, 0.1) is 0 Å². The number of hydrogen-bond donors (Lipinski definition) is 2. The number of ether oxygens (including phenoxy) is 1. The summed E-state index contributed by atoms with van der Waals surface area (Å²) in [4.78, 5) is 0. The molecule has 16 heavy (non-hydrogen) atoms. The van der Waals surface area contributed by atoms with Crippen LogP contribution >= 0.6 is 0 Å². The fourth-order valence-electron chi connectivity index (χ4n) is 1.36. The van der Waals surface area contributed by atoms with Crippen molar-refractivity contribution in [3.05, 3.63) is 54.1 Å². The molecule has 0 atom stereocenters. The predicted molar refractivity (Wildman–Crippen MR) is 60.5 cm³/mol. The van der Waals surface area contributed by atoms with Crippen molar-refractivity contribution in [3.8, 4) is 17.2 Å². The van der Waals surface area contributed by atoms with Crippen LogP contribution in [0.15, 0.2) is 48.5 Å².